The van der Waals surface area contributed by atoms with E-state index in [2.05, 4.69) is 5.32 Å². The van der Waals surface area contributed by atoms with Crippen LogP contribution in [0.25, 0.3) is 0 Å². The first-order chi connectivity index (χ1) is 11.5. The molecule has 24 heavy (non-hydrogen) atoms. The molecule has 2 aromatic carbocycles. The molecular formula is C19H20ClNO3. The summed E-state index contributed by atoms with van der Waals surface area (Å²) in [5.74, 6) is 0.559. The highest BCUT2D eigenvalue weighted by atomic mass is 35.5. The molecule has 1 amide bonds. The number of halogens is 1. The lowest BCUT2D eigenvalue weighted by Crippen LogP contribution is -2.43. The molecule has 0 radical (unpaired) electrons. The second-order valence-electron chi connectivity index (χ2n) is 6.10. The van der Waals surface area contributed by atoms with E-state index in [1.165, 1.54) is 0 Å². The molecule has 0 saturated carbocycles. The lowest BCUT2D eigenvalue weighted by atomic mass is 9.79. The monoisotopic (exact) mass is 345 g/mol. The molecule has 0 heterocycles. The van der Waals surface area contributed by atoms with E-state index in [1.54, 1.807) is 31.4 Å². The van der Waals surface area contributed by atoms with Gasteiger partial charge in [0.15, 0.2) is 0 Å². The summed E-state index contributed by atoms with van der Waals surface area (Å²) in [4.78, 5) is 12.3. The predicted octanol–water partition coefficient (Wildman–Crippen LogP) is 3.30. The zero-order valence-electron chi connectivity index (χ0n) is 13.5. The quantitative estimate of drug-likeness (QED) is 0.893. The Hall–Kier alpha value is -2.04. The number of fused-ring (bicyclic) bond motifs is 1. The number of ether oxygens (including phenoxy) is 1. The average Bonchev–Trinajstić information content (AvgIpc) is 2.60. The first-order valence-electron chi connectivity index (χ1n) is 7.95. The van der Waals surface area contributed by atoms with Gasteiger partial charge in [0.05, 0.1) is 13.7 Å². The minimum Gasteiger partial charge on any atom is -0.497 e. The van der Waals surface area contributed by atoms with Crippen LogP contribution in [0.2, 0.25) is 5.02 Å². The highest BCUT2D eigenvalue weighted by Crippen LogP contribution is 2.36. The van der Waals surface area contributed by atoms with Crippen molar-refractivity contribution in [1.82, 2.24) is 5.32 Å². The number of carbonyl (C=O) groups is 1. The smallest absolute Gasteiger partial charge is 0.251 e. The Morgan fingerprint density at radius 2 is 2.04 bits per heavy atom. The molecule has 4 nitrogen and oxygen atoms in total. The number of benzene rings is 2. The van der Waals surface area contributed by atoms with E-state index in [0.717, 1.165) is 29.7 Å². The zero-order chi connectivity index (χ0) is 17.2. The number of nitrogens with one attached hydrogen (secondary N) is 1. The molecule has 1 unspecified atom stereocenters. The van der Waals surface area contributed by atoms with E-state index in [9.17, 15) is 9.90 Å². The van der Waals surface area contributed by atoms with Crippen molar-refractivity contribution in [2.75, 3.05) is 13.7 Å². The maximum absolute atomic E-state index is 12.3. The minimum atomic E-state index is -1.05. The van der Waals surface area contributed by atoms with Crippen LogP contribution in [0.1, 0.15) is 34.3 Å². The van der Waals surface area contributed by atoms with E-state index in [0.29, 0.717) is 17.0 Å². The maximum atomic E-state index is 12.3. The fraction of sp³-hybridized carbons (Fsp3) is 0.316. The maximum Gasteiger partial charge on any atom is 0.251 e. The second kappa shape index (κ2) is 6.83. The normalized spacial score (nSPS) is 19.5. The van der Waals surface area contributed by atoms with Crippen LogP contribution in [0, 0.1) is 0 Å². The summed E-state index contributed by atoms with van der Waals surface area (Å²) < 4.78 is 5.25. The first kappa shape index (κ1) is 16.8. The summed E-state index contributed by atoms with van der Waals surface area (Å²) in [6, 6.07) is 12.4. The van der Waals surface area contributed by atoms with Crippen LogP contribution in [0.15, 0.2) is 42.5 Å². The molecule has 0 aromatic heterocycles. The highest BCUT2D eigenvalue weighted by molar-refractivity contribution is 6.30. The summed E-state index contributed by atoms with van der Waals surface area (Å²) in [5, 5.41) is 14.5. The van der Waals surface area contributed by atoms with Crippen LogP contribution >= 0.6 is 11.6 Å². The molecule has 0 saturated heterocycles. The number of rotatable bonds is 4. The van der Waals surface area contributed by atoms with Gasteiger partial charge in [-0.2, -0.15) is 0 Å². The van der Waals surface area contributed by atoms with E-state index in [1.807, 2.05) is 18.2 Å². The molecule has 1 aliphatic carbocycles. The van der Waals surface area contributed by atoms with Crippen molar-refractivity contribution >= 4 is 17.5 Å². The molecule has 0 spiro atoms. The number of aryl methyl sites for hydroxylation is 1. The van der Waals surface area contributed by atoms with Gasteiger partial charge in [0.2, 0.25) is 0 Å². The Bertz CT molecular complexity index is 745. The summed E-state index contributed by atoms with van der Waals surface area (Å²) >= 11 is 5.84. The Morgan fingerprint density at radius 3 is 2.75 bits per heavy atom. The standard InChI is InChI=1S/C19H20ClNO3/c1-24-16-8-9-17-14(11-16)3-2-10-19(17,23)12-21-18(22)13-4-6-15(20)7-5-13/h4-9,11,23H,2-3,10,12H2,1H3,(H,21,22). The number of aliphatic hydroxyl groups is 1. The van der Waals surface area contributed by atoms with E-state index >= 15 is 0 Å². The number of carbonyl (C=O) groups excluding carboxylic acids is 1. The fourth-order valence-corrected chi connectivity index (χ4v) is 3.30. The Morgan fingerprint density at radius 1 is 1.29 bits per heavy atom. The number of methoxy groups -OCH3 is 1. The topological polar surface area (TPSA) is 58.6 Å². The van der Waals surface area contributed by atoms with Crippen LogP contribution < -0.4 is 10.1 Å². The lowest BCUT2D eigenvalue weighted by molar-refractivity contribution is 0.0189. The molecule has 0 aliphatic heterocycles. The summed E-state index contributed by atoms with van der Waals surface area (Å²) in [6.07, 6.45) is 2.39. The van der Waals surface area contributed by atoms with Gasteiger partial charge in [-0.25, -0.2) is 0 Å². The van der Waals surface area contributed by atoms with Gasteiger partial charge in [-0.15, -0.1) is 0 Å². The van der Waals surface area contributed by atoms with Crippen LogP contribution in [0.4, 0.5) is 0 Å². The Balaban J connectivity index is 1.75. The van der Waals surface area contributed by atoms with Gasteiger partial charge in [0.1, 0.15) is 11.4 Å². The summed E-state index contributed by atoms with van der Waals surface area (Å²) in [7, 11) is 1.63. The number of hydrogen-bond donors (Lipinski definition) is 2. The van der Waals surface area contributed by atoms with Crippen LogP contribution in [0.3, 0.4) is 0 Å². The number of amides is 1. The molecule has 2 aromatic rings. The largest absolute Gasteiger partial charge is 0.497 e. The average molecular weight is 346 g/mol. The number of hydrogen-bond acceptors (Lipinski definition) is 3. The molecule has 1 atom stereocenters. The molecule has 3 rings (SSSR count). The van der Waals surface area contributed by atoms with Gasteiger partial charge in [0, 0.05) is 10.6 Å². The van der Waals surface area contributed by atoms with E-state index in [4.69, 9.17) is 16.3 Å². The van der Waals surface area contributed by atoms with Crippen LogP contribution in [-0.4, -0.2) is 24.7 Å². The molecule has 0 bridgehead atoms. The minimum absolute atomic E-state index is 0.174. The zero-order valence-corrected chi connectivity index (χ0v) is 14.3. The third-order valence-corrected chi connectivity index (χ3v) is 4.75. The molecule has 2 N–H and O–H groups in total. The van der Waals surface area contributed by atoms with Gasteiger partial charge >= 0.3 is 0 Å². The molecule has 126 valence electrons. The van der Waals surface area contributed by atoms with Gasteiger partial charge in [-0.05, 0) is 66.8 Å². The van der Waals surface area contributed by atoms with E-state index in [-0.39, 0.29) is 12.5 Å². The van der Waals surface area contributed by atoms with Gasteiger partial charge in [0.25, 0.3) is 5.91 Å². The van der Waals surface area contributed by atoms with Crippen molar-refractivity contribution < 1.29 is 14.6 Å². The summed E-state index contributed by atoms with van der Waals surface area (Å²) in [6.45, 7) is 0.174. The highest BCUT2D eigenvalue weighted by Gasteiger charge is 2.34. The Kier molecular flexibility index (Phi) is 4.78. The third kappa shape index (κ3) is 3.40. The molecule has 5 heteroatoms. The van der Waals surface area contributed by atoms with Crippen molar-refractivity contribution in [2.24, 2.45) is 0 Å². The SMILES string of the molecule is COc1ccc2c(c1)CCCC2(O)CNC(=O)c1ccc(Cl)cc1. The van der Waals surface area contributed by atoms with Gasteiger partial charge in [-0.1, -0.05) is 17.7 Å². The molecular weight excluding hydrogens is 326 g/mol. The molecule has 0 fully saturated rings. The first-order valence-corrected chi connectivity index (χ1v) is 8.33. The van der Waals surface area contributed by atoms with Crippen molar-refractivity contribution in [2.45, 2.75) is 24.9 Å². The summed E-state index contributed by atoms with van der Waals surface area (Å²) in [5.41, 5.74) is 1.41. The third-order valence-electron chi connectivity index (χ3n) is 4.50. The Labute approximate surface area is 146 Å². The fourth-order valence-electron chi connectivity index (χ4n) is 3.18. The van der Waals surface area contributed by atoms with Crippen LogP contribution in [-0.2, 0) is 12.0 Å². The lowest BCUT2D eigenvalue weighted by Gasteiger charge is -2.35. The van der Waals surface area contributed by atoms with Crippen LogP contribution in [0.5, 0.6) is 5.75 Å². The van der Waals surface area contributed by atoms with Crippen molar-refractivity contribution in [1.29, 1.82) is 0 Å². The van der Waals surface area contributed by atoms with E-state index < -0.39 is 5.60 Å². The second-order valence-corrected chi connectivity index (χ2v) is 6.53. The molecule has 1 aliphatic rings. The van der Waals surface area contributed by atoms with Crippen molar-refractivity contribution in [3.63, 3.8) is 0 Å². The van der Waals surface area contributed by atoms with Crippen molar-refractivity contribution in [3.8, 4) is 5.75 Å². The van der Waals surface area contributed by atoms with Gasteiger partial charge in [-0.3, -0.25) is 4.79 Å². The predicted molar refractivity (Wildman–Crippen MR) is 93.6 cm³/mol. The van der Waals surface area contributed by atoms with Gasteiger partial charge < -0.3 is 15.2 Å². The van der Waals surface area contributed by atoms with Crippen molar-refractivity contribution in [3.05, 3.63) is 64.2 Å².